The van der Waals surface area contributed by atoms with Gasteiger partial charge in [0.2, 0.25) is 5.91 Å². The van der Waals surface area contributed by atoms with Crippen molar-refractivity contribution in [3.63, 3.8) is 0 Å². The van der Waals surface area contributed by atoms with E-state index in [-0.39, 0.29) is 63.3 Å². The molecule has 7 aliphatic rings. The van der Waals surface area contributed by atoms with E-state index in [0.29, 0.717) is 38.0 Å². The summed E-state index contributed by atoms with van der Waals surface area (Å²) in [4.78, 5) is 28.3. The summed E-state index contributed by atoms with van der Waals surface area (Å²) < 4.78 is 25.5. The minimum atomic E-state index is -1.27. The van der Waals surface area contributed by atoms with Crippen molar-refractivity contribution in [3.8, 4) is 0 Å². The number of likely N-dealkylation sites (N-methyl/N-ethyl adjacent to an activating group) is 1. The van der Waals surface area contributed by atoms with Crippen LogP contribution in [0.3, 0.4) is 0 Å². The van der Waals surface area contributed by atoms with E-state index in [4.69, 9.17) is 18.9 Å². The van der Waals surface area contributed by atoms with E-state index in [9.17, 15) is 19.8 Å². The number of esters is 1. The topological polar surface area (TPSA) is 118 Å². The van der Waals surface area contributed by atoms with Crippen molar-refractivity contribution in [2.45, 2.75) is 149 Å². The number of fused-ring (bicyclic) bond motifs is 4. The summed E-state index contributed by atoms with van der Waals surface area (Å²) in [5.41, 5.74) is -1.17. The van der Waals surface area contributed by atoms with Crippen molar-refractivity contribution in [1.29, 1.82) is 0 Å². The zero-order valence-electron chi connectivity index (χ0n) is 32.5. The second-order valence-electron chi connectivity index (χ2n) is 19.7. The Balaban J connectivity index is 1.10. The SMILES string of the molecule is CC(=O)O[C@@H]([C@H]1C[C@@H](C)C2C(O1)[C@H](O)[C@@]1(C)[C@@H]3CC[C@H]4C(C)(C)[C@@H](OC5CN(CC(=O)N(C)C)CCO5)CC[C@@]45C[C@@]35CC[C@]21C)C(C)(C)O. The third-order valence-corrected chi connectivity index (χ3v) is 16.4. The van der Waals surface area contributed by atoms with Crippen LogP contribution in [0.1, 0.15) is 107 Å². The van der Waals surface area contributed by atoms with Crippen LogP contribution in [0.5, 0.6) is 0 Å². The van der Waals surface area contributed by atoms with Crippen molar-refractivity contribution in [1.82, 2.24) is 9.80 Å². The first-order chi connectivity index (χ1) is 23.2. The first-order valence-corrected chi connectivity index (χ1v) is 19.7. The molecule has 2 spiro atoms. The normalized spacial score (nSPS) is 48.6. The molecule has 2 N–H and O–H groups in total. The molecule has 0 aromatic heterocycles. The molecule has 10 heteroatoms. The lowest BCUT2D eigenvalue weighted by atomic mass is 9.41. The molecule has 284 valence electrons. The summed E-state index contributed by atoms with van der Waals surface area (Å²) in [5, 5.41) is 23.6. The molecule has 14 atom stereocenters. The number of amides is 1. The van der Waals surface area contributed by atoms with Crippen LogP contribution in [0, 0.1) is 50.7 Å². The minimum absolute atomic E-state index is 0.0184. The Hall–Kier alpha value is -1.30. The van der Waals surface area contributed by atoms with Crippen LogP contribution in [0.15, 0.2) is 0 Å². The zero-order valence-corrected chi connectivity index (χ0v) is 32.5. The Kier molecular flexibility index (Phi) is 8.97. The van der Waals surface area contributed by atoms with Gasteiger partial charge < -0.3 is 34.1 Å². The molecule has 2 heterocycles. The molecule has 3 unspecified atom stereocenters. The van der Waals surface area contributed by atoms with E-state index >= 15 is 0 Å². The molecule has 0 radical (unpaired) electrons. The number of aliphatic hydroxyl groups excluding tert-OH is 1. The third-order valence-electron chi connectivity index (χ3n) is 16.4. The Morgan fingerprint density at radius 1 is 1.04 bits per heavy atom. The molecule has 0 aromatic carbocycles. The van der Waals surface area contributed by atoms with E-state index in [0.717, 1.165) is 38.6 Å². The lowest BCUT2D eigenvalue weighted by Gasteiger charge is -2.64. The minimum Gasteiger partial charge on any atom is -0.457 e. The van der Waals surface area contributed by atoms with Crippen LogP contribution in [0.4, 0.5) is 0 Å². The number of nitrogens with zero attached hydrogens (tertiary/aromatic N) is 2. The number of ether oxygens (including phenoxy) is 4. The fourth-order valence-electron chi connectivity index (χ4n) is 14.0. The Bertz CT molecular complexity index is 1350. The van der Waals surface area contributed by atoms with Crippen molar-refractivity contribution in [3.05, 3.63) is 0 Å². The number of hydrogen-bond acceptors (Lipinski definition) is 9. The zero-order chi connectivity index (χ0) is 36.4. The molecule has 10 nitrogen and oxygen atoms in total. The van der Waals surface area contributed by atoms with E-state index in [1.54, 1.807) is 32.8 Å². The molecule has 1 amide bonds. The Morgan fingerprint density at radius 3 is 2.38 bits per heavy atom. The van der Waals surface area contributed by atoms with Gasteiger partial charge in [-0.1, -0.05) is 34.6 Å². The highest BCUT2D eigenvalue weighted by atomic mass is 16.7. The summed E-state index contributed by atoms with van der Waals surface area (Å²) in [6.45, 7) is 19.0. The van der Waals surface area contributed by atoms with Gasteiger partial charge in [-0.05, 0) is 111 Å². The van der Waals surface area contributed by atoms with Gasteiger partial charge in [0, 0.05) is 33.0 Å². The summed E-state index contributed by atoms with van der Waals surface area (Å²) in [6, 6.07) is 0. The number of hydrogen-bond donors (Lipinski definition) is 2. The molecule has 7 rings (SSSR count). The smallest absolute Gasteiger partial charge is 0.303 e. The summed E-state index contributed by atoms with van der Waals surface area (Å²) in [7, 11) is 3.60. The molecule has 0 bridgehead atoms. The van der Waals surface area contributed by atoms with Gasteiger partial charge >= 0.3 is 5.97 Å². The highest BCUT2D eigenvalue weighted by molar-refractivity contribution is 5.77. The predicted octanol–water partition coefficient (Wildman–Crippen LogP) is 4.63. The largest absolute Gasteiger partial charge is 0.457 e. The second-order valence-corrected chi connectivity index (χ2v) is 19.7. The maximum atomic E-state index is 12.6. The highest BCUT2D eigenvalue weighted by Gasteiger charge is 2.84. The highest BCUT2D eigenvalue weighted by Crippen LogP contribution is 2.89. The summed E-state index contributed by atoms with van der Waals surface area (Å²) in [5.74, 6) is 1.09. The number of rotatable bonds is 7. The van der Waals surface area contributed by atoms with Gasteiger partial charge in [0.15, 0.2) is 12.4 Å². The number of aliphatic hydroxyl groups is 2. The van der Waals surface area contributed by atoms with Crippen LogP contribution in [0.2, 0.25) is 0 Å². The van der Waals surface area contributed by atoms with E-state index in [1.807, 2.05) is 0 Å². The van der Waals surface area contributed by atoms with Crippen molar-refractivity contribution < 1.29 is 38.7 Å². The van der Waals surface area contributed by atoms with E-state index in [2.05, 4.69) is 39.5 Å². The Morgan fingerprint density at radius 2 is 1.72 bits per heavy atom. The third kappa shape index (κ3) is 5.22. The number of morpholine rings is 1. The fraction of sp³-hybridized carbons (Fsp3) is 0.950. The van der Waals surface area contributed by atoms with Crippen LogP contribution < -0.4 is 0 Å². The molecule has 2 aliphatic heterocycles. The lowest BCUT2D eigenvalue weighted by molar-refractivity contribution is -0.248. The molecule has 0 aromatic rings. The van der Waals surface area contributed by atoms with Gasteiger partial charge in [-0.3, -0.25) is 14.5 Å². The van der Waals surface area contributed by atoms with Gasteiger partial charge in [-0.2, -0.15) is 0 Å². The molecule has 2 saturated heterocycles. The maximum absolute atomic E-state index is 12.6. The lowest BCUT2D eigenvalue weighted by Crippen LogP contribution is -2.60. The second kappa shape index (κ2) is 12.1. The van der Waals surface area contributed by atoms with Gasteiger partial charge in [-0.15, -0.1) is 0 Å². The van der Waals surface area contributed by atoms with Crippen LogP contribution in [-0.4, -0.2) is 115 Å². The predicted molar refractivity (Wildman–Crippen MR) is 188 cm³/mol. The Labute approximate surface area is 300 Å². The molecular weight excluding hydrogens is 636 g/mol. The molecule has 5 saturated carbocycles. The quantitative estimate of drug-likeness (QED) is 0.366. The van der Waals surface area contributed by atoms with Gasteiger partial charge in [0.25, 0.3) is 0 Å². The van der Waals surface area contributed by atoms with Crippen molar-refractivity contribution >= 4 is 11.9 Å². The summed E-state index contributed by atoms with van der Waals surface area (Å²) in [6.07, 6.45) is 6.13. The standard InChI is InChI=1S/C40H66N2O8/c1-23-19-25(34(36(5,6)46)48-24(2)43)49-32-31(23)37(7)15-16-40-22-39(40)14-13-28(50-30-21-42(17-18-47-30)20-29(44)41(9)10)35(3,4)26(39)11-12-27(40)38(37,8)33(32)45/h23,25-28,30-34,45-46H,11-22H2,1-10H3/t23-,25-,26+,27+,28+,30?,31?,32?,33+,34+,37-,38-,39-,40+/m1/s1. The monoisotopic (exact) mass is 702 g/mol. The van der Waals surface area contributed by atoms with E-state index in [1.165, 1.54) is 19.8 Å². The van der Waals surface area contributed by atoms with Crippen LogP contribution >= 0.6 is 0 Å². The first kappa shape index (κ1) is 37.0. The van der Waals surface area contributed by atoms with Crippen molar-refractivity contribution in [2.75, 3.05) is 40.3 Å². The van der Waals surface area contributed by atoms with Crippen LogP contribution in [0.25, 0.3) is 0 Å². The molecule has 50 heavy (non-hydrogen) atoms. The number of carbonyl (C=O) groups is 2. The first-order valence-electron chi connectivity index (χ1n) is 19.7. The number of carbonyl (C=O) groups excluding carboxylic acids is 2. The average Bonchev–Trinajstić information content (AvgIpc) is 3.65. The van der Waals surface area contributed by atoms with Crippen LogP contribution in [-0.2, 0) is 28.5 Å². The maximum Gasteiger partial charge on any atom is 0.303 e. The molecular formula is C40H66N2O8. The fourth-order valence-corrected chi connectivity index (χ4v) is 14.0. The average molecular weight is 703 g/mol. The van der Waals surface area contributed by atoms with Gasteiger partial charge in [-0.25, -0.2) is 0 Å². The summed E-state index contributed by atoms with van der Waals surface area (Å²) >= 11 is 0. The van der Waals surface area contributed by atoms with E-state index < -0.39 is 29.9 Å². The van der Waals surface area contributed by atoms with Crippen molar-refractivity contribution in [2.24, 2.45) is 50.7 Å². The van der Waals surface area contributed by atoms with Gasteiger partial charge in [0.05, 0.1) is 49.7 Å². The molecule has 5 aliphatic carbocycles. The van der Waals surface area contributed by atoms with Gasteiger partial charge in [0.1, 0.15) is 0 Å². The molecule has 7 fully saturated rings.